The zero-order chi connectivity index (χ0) is 15.6. The molecule has 5 heteroatoms. The molecule has 2 aromatic rings. The van der Waals surface area contributed by atoms with Gasteiger partial charge in [0.05, 0.1) is 12.0 Å². The summed E-state index contributed by atoms with van der Waals surface area (Å²) in [5.41, 5.74) is 1.30. The Hall–Kier alpha value is -1.68. The van der Waals surface area contributed by atoms with E-state index in [2.05, 4.69) is 0 Å². The minimum atomic E-state index is -1.52. The predicted molar refractivity (Wildman–Crippen MR) is 76.4 cm³/mol. The van der Waals surface area contributed by atoms with Crippen LogP contribution >= 0.6 is 11.6 Å². The average Bonchev–Trinajstić information content (AvgIpc) is 2.46. The zero-order valence-electron chi connectivity index (χ0n) is 11.6. The van der Waals surface area contributed by atoms with Gasteiger partial charge >= 0.3 is 0 Å². The number of rotatable bonds is 4. The van der Waals surface area contributed by atoms with Gasteiger partial charge in [0.2, 0.25) is 0 Å². The molecule has 1 unspecified atom stereocenters. The van der Waals surface area contributed by atoms with E-state index < -0.39 is 22.8 Å². The Morgan fingerprint density at radius 3 is 2.43 bits per heavy atom. The van der Waals surface area contributed by atoms with Crippen molar-refractivity contribution in [3.8, 4) is 5.75 Å². The van der Waals surface area contributed by atoms with Crippen molar-refractivity contribution in [2.45, 2.75) is 19.2 Å². The fourth-order valence-corrected chi connectivity index (χ4v) is 2.40. The molecule has 0 aliphatic carbocycles. The maximum atomic E-state index is 13.9. The van der Waals surface area contributed by atoms with Crippen LogP contribution in [-0.2, 0) is 0 Å². The summed E-state index contributed by atoms with van der Waals surface area (Å²) in [6.45, 7) is 4.08. The third-order valence-electron chi connectivity index (χ3n) is 3.08. The molecule has 2 rings (SSSR count). The number of aryl methyl sites for hydroxylation is 1. The minimum Gasteiger partial charge on any atom is -0.494 e. The van der Waals surface area contributed by atoms with E-state index in [0.717, 1.165) is 17.7 Å². The van der Waals surface area contributed by atoms with Gasteiger partial charge in [0.25, 0.3) is 0 Å². The first-order chi connectivity index (χ1) is 9.95. The molecule has 1 atom stereocenters. The minimum absolute atomic E-state index is 0.123. The molecule has 0 N–H and O–H groups in total. The quantitative estimate of drug-likeness (QED) is 0.561. The number of ether oxygens (including phenoxy) is 1. The highest BCUT2D eigenvalue weighted by atomic mass is 35.5. The SMILES string of the molecule is CCOc1ccc(C)cc1C(Cl)c1ccc(F)c(F)c1F. The van der Waals surface area contributed by atoms with Gasteiger partial charge in [0.1, 0.15) is 5.75 Å². The maximum absolute atomic E-state index is 13.9. The van der Waals surface area contributed by atoms with Crippen LogP contribution in [0.3, 0.4) is 0 Å². The van der Waals surface area contributed by atoms with Crippen molar-refractivity contribution < 1.29 is 17.9 Å². The third-order valence-corrected chi connectivity index (χ3v) is 3.55. The Balaban J connectivity index is 2.51. The molecule has 21 heavy (non-hydrogen) atoms. The van der Waals surface area contributed by atoms with E-state index >= 15 is 0 Å². The second-order valence-corrected chi connectivity index (χ2v) is 5.04. The molecule has 0 spiro atoms. The van der Waals surface area contributed by atoms with Crippen LogP contribution in [0.1, 0.15) is 29.0 Å². The lowest BCUT2D eigenvalue weighted by Crippen LogP contribution is -2.05. The van der Waals surface area contributed by atoms with Crippen molar-refractivity contribution in [2.24, 2.45) is 0 Å². The normalized spacial score (nSPS) is 12.3. The number of hydrogen-bond acceptors (Lipinski definition) is 1. The van der Waals surface area contributed by atoms with Gasteiger partial charge in [-0.05, 0) is 26.0 Å². The third kappa shape index (κ3) is 3.16. The number of hydrogen-bond donors (Lipinski definition) is 0. The summed E-state index contributed by atoms with van der Waals surface area (Å²) in [6.07, 6.45) is 0. The molecule has 1 nitrogen and oxygen atoms in total. The molecule has 0 saturated carbocycles. The molecule has 0 aliphatic rings. The first-order valence-electron chi connectivity index (χ1n) is 6.46. The van der Waals surface area contributed by atoms with E-state index in [1.165, 1.54) is 0 Å². The summed E-state index contributed by atoms with van der Waals surface area (Å²) in [5.74, 6) is -3.55. The molecule has 0 saturated heterocycles. The molecular weight excluding hydrogens is 301 g/mol. The van der Waals surface area contributed by atoms with Crippen molar-refractivity contribution in [3.05, 3.63) is 64.5 Å². The Bertz CT molecular complexity index is 658. The van der Waals surface area contributed by atoms with Crippen LogP contribution in [0, 0.1) is 24.4 Å². The van der Waals surface area contributed by atoms with Crippen LogP contribution in [0.5, 0.6) is 5.75 Å². The van der Waals surface area contributed by atoms with Crippen molar-refractivity contribution in [1.82, 2.24) is 0 Å². The summed E-state index contributed by atoms with van der Waals surface area (Å²) in [7, 11) is 0. The van der Waals surface area contributed by atoms with Crippen LogP contribution in [-0.4, -0.2) is 6.61 Å². The van der Waals surface area contributed by atoms with Crippen molar-refractivity contribution in [1.29, 1.82) is 0 Å². The number of alkyl halides is 1. The maximum Gasteiger partial charge on any atom is 0.194 e. The average molecular weight is 315 g/mol. The summed E-state index contributed by atoms with van der Waals surface area (Å²) >= 11 is 6.26. The molecule has 2 aromatic carbocycles. The molecule has 0 aromatic heterocycles. The highest BCUT2D eigenvalue weighted by Gasteiger charge is 2.23. The van der Waals surface area contributed by atoms with Crippen molar-refractivity contribution >= 4 is 11.6 Å². The second kappa shape index (κ2) is 6.39. The lowest BCUT2D eigenvalue weighted by atomic mass is 10.0. The van der Waals surface area contributed by atoms with E-state index in [1.807, 2.05) is 19.9 Å². The van der Waals surface area contributed by atoms with E-state index in [4.69, 9.17) is 16.3 Å². The molecule has 112 valence electrons. The highest BCUT2D eigenvalue weighted by Crippen LogP contribution is 2.37. The van der Waals surface area contributed by atoms with Gasteiger partial charge in [-0.3, -0.25) is 0 Å². The summed E-state index contributed by atoms with van der Waals surface area (Å²) < 4.78 is 45.7. The van der Waals surface area contributed by atoms with Crippen LogP contribution in [0.15, 0.2) is 30.3 Å². The van der Waals surface area contributed by atoms with Gasteiger partial charge in [-0.25, -0.2) is 13.2 Å². The van der Waals surface area contributed by atoms with Crippen molar-refractivity contribution in [2.75, 3.05) is 6.61 Å². The fourth-order valence-electron chi connectivity index (χ4n) is 2.06. The lowest BCUT2D eigenvalue weighted by molar-refractivity contribution is 0.336. The molecule has 0 heterocycles. The lowest BCUT2D eigenvalue weighted by Gasteiger charge is -2.17. The molecule has 0 aliphatic heterocycles. The summed E-state index contributed by atoms with van der Waals surface area (Å²) in [6, 6.07) is 7.30. The molecular formula is C16H14ClF3O. The summed E-state index contributed by atoms with van der Waals surface area (Å²) in [5, 5.41) is -0.971. The van der Waals surface area contributed by atoms with Gasteiger partial charge in [-0.15, -0.1) is 11.6 Å². The topological polar surface area (TPSA) is 9.23 Å². The van der Waals surface area contributed by atoms with E-state index in [0.29, 0.717) is 17.9 Å². The first-order valence-corrected chi connectivity index (χ1v) is 6.90. The fraction of sp³-hybridized carbons (Fsp3) is 0.250. The van der Waals surface area contributed by atoms with Gasteiger partial charge in [-0.2, -0.15) is 0 Å². The Morgan fingerprint density at radius 2 is 1.76 bits per heavy atom. The molecule has 0 fully saturated rings. The van der Waals surface area contributed by atoms with Gasteiger partial charge in [0.15, 0.2) is 17.5 Å². The zero-order valence-corrected chi connectivity index (χ0v) is 12.3. The van der Waals surface area contributed by atoms with Gasteiger partial charge < -0.3 is 4.74 Å². The first kappa shape index (κ1) is 15.7. The van der Waals surface area contributed by atoms with Crippen LogP contribution < -0.4 is 4.74 Å². The van der Waals surface area contributed by atoms with E-state index in [9.17, 15) is 13.2 Å². The van der Waals surface area contributed by atoms with Crippen LogP contribution in [0.25, 0.3) is 0 Å². The van der Waals surface area contributed by atoms with Gasteiger partial charge in [0, 0.05) is 11.1 Å². The molecule has 0 bridgehead atoms. The monoisotopic (exact) mass is 314 g/mol. The highest BCUT2D eigenvalue weighted by molar-refractivity contribution is 6.22. The largest absolute Gasteiger partial charge is 0.494 e. The predicted octanol–water partition coefficient (Wildman–Crippen LogP) is 5.14. The molecule has 0 radical (unpaired) electrons. The van der Waals surface area contributed by atoms with E-state index in [1.54, 1.807) is 12.1 Å². The Morgan fingerprint density at radius 1 is 1.05 bits per heavy atom. The van der Waals surface area contributed by atoms with Crippen LogP contribution in [0.2, 0.25) is 0 Å². The standard InChI is InChI=1S/C16H14ClF3O/c1-3-21-13-7-4-9(2)8-11(13)14(17)10-5-6-12(18)16(20)15(10)19/h4-8,14H,3H2,1-2H3. The Kier molecular flexibility index (Phi) is 4.78. The van der Waals surface area contributed by atoms with E-state index in [-0.39, 0.29) is 5.56 Å². The Labute approximate surface area is 126 Å². The molecule has 0 amide bonds. The number of benzene rings is 2. The van der Waals surface area contributed by atoms with Crippen LogP contribution in [0.4, 0.5) is 13.2 Å². The second-order valence-electron chi connectivity index (χ2n) is 4.60. The smallest absolute Gasteiger partial charge is 0.194 e. The summed E-state index contributed by atoms with van der Waals surface area (Å²) in [4.78, 5) is 0. The van der Waals surface area contributed by atoms with Crippen molar-refractivity contribution in [3.63, 3.8) is 0 Å². The number of halogens is 4. The van der Waals surface area contributed by atoms with Gasteiger partial charge in [-0.1, -0.05) is 23.8 Å².